The Morgan fingerprint density at radius 2 is 1.84 bits per heavy atom. The van der Waals surface area contributed by atoms with Gasteiger partial charge in [-0.05, 0) is 18.2 Å². The molecule has 134 valence electrons. The third-order valence-electron chi connectivity index (χ3n) is 2.81. The first kappa shape index (κ1) is 19.4. The van der Waals surface area contributed by atoms with Crippen molar-refractivity contribution in [2.45, 2.75) is 11.3 Å². The molecule has 6 nitrogen and oxygen atoms in total. The average molecular weight is 414 g/mol. The summed E-state index contributed by atoms with van der Waals surface area (Å²) in [4.78, 5) is 19.2. The number of carbonyl (C=O) groups is 1. The molecule has 1 aromatic heterocycles. The van der Waals surface area contributed by atoms with Crippen molar-refractivity contribution in [3.05, 3.63) is 45.7 Å². The van der Waals surface area contributed by atoms with Crippen molar-refractivity contribution < 1.29 is 26.4 Å². The van der Waals surface area contributed by atoms with Crippen LogP contribution in [-0.2, 0) is 16.0 Å². The van der Waals surface area contributed by atoms with E-state index in [4.69, 9.17) is 23.2 Å². The molecule has 0 fully saturated rings. The molecule has 1 aromatic carbocycles. The third kappa shape index (κ3) is 4.59. The predicted molar refractivity (Wildman–Crippen MR) is 84.6 cm³/mol. The van der Waals surface area contributed by atoms with Gasteiger partial charge in [-0.1, -0.05) is 23.2 Å². The first-order valence-corrected chi connectivity index (χ1v) is 8.95. The molecule has 1 heterocycles. The largest absolute Gasteiger partial charge is 0.416 e. The molecule has 12 heteroatoms. The molecule has 0 saturated heterocycles. The Balaban J connectivity index is 2.41. The fraction of sp³-hybridized carbons (Fsp3) is 0.154. The average Bonchev–Trinajstić information content (AvgIpc) is 2.47. The number of alkyl halides is 3. The molecule has 2 rings (SSSR count). The molecule has 0 spiro atoms. The maximum absolute atomic E-state index is 12.7. The lowest BCUT2D eigenvalue weighted by Gasteiger charge is -2.12. The first-order valence-electron chi connectivity index (χ1n) is 6.30. The van der Waals surface area contributed by atoms with E-state index in [9.17, 15) is 26.4 Å². The molecule has 2 aromatic rings. The monoisotopic (exact) mass is 413 g/mol. The van der Waals surface area contributed by atoms with Gasteiger partial charge in [0, 0.05) is 6.26 Å². The number of benzene rings is 1. The quantitative estimate of drug-likeness (QED) is 0.778. The lowest BCUT2D eigenvalue weighted by molar-refractivity contribution is -0.137. The first-order chi connectivity index (χ1) is 11.4. The second-order valence-corrected chi connectivity index (χ2v) is 7.49. The lowest BCUT2D eigenvalue weighted by atomic mass is 10.2. The summed E-state index contributed by atoms with van der Waals surface area (Å²) in [5, 5.41) is 1.02. The zero-order chi connectivity index (χ0) is 19.0. The van der Waals surface area contributed by atoms with Crippen LogP contribution in [0.25, 0.3) is 0 Å². The Morgan fingerprint density at radius 3 is 2.40 bits per heavy atom. The molecule has 0 bridgehead atoms. The van der Waals surface area contributed by atoms with Gasteiger partial charge in [-0.3, -0.25) is 4.79 Å². The summed E-state index contributed by atoms with van der Waals surface area (Å²) < 4.78 is 61.1. The van der Waals surface area contributed by atoms with Crippen molar-refractivity contribution in [1.29, 1.82) is 0 Å². The molecule has 1 N–H and O–H groups in total. The van der Waals surface area contributed by atoms with Crippen LogP contribution in [0.3, 0.4) is 0 Å². The summed E-state index contributed by atoms with van der Waals surface area (Å²) in [7, 11) is -3.82. The fourth-order valence-corrected chi connectivity index (χ4v) is 2.51. The molecule has 0 atom stereocenters. The fourth-order valence-electron chi connectivity index (χ4n) is 1.67. The van der Waals surface area contributed by atoms with Gasteiger partial charge in [-0.2, -0.15) is 13.2 Å². The van der Waals surface area contributed by atoms with Gasteiger partial charge >= 0.3 is 6.18 Å². The zero-order valence-corrected chi connectivity index (χ0v) is 14.6. The van der Waals surface area contributed by atoms with Crippen molar-refractivity contribution in [1.82, 2.24) is 9.97 Å². The summed E-state index contributed by atoms with van der Waals surface area (Å²) in [6, 6.07) is 2.34. The summed E-state index contributed by atoms with van der Waals surface area (Å²) in [5.41, 5.74) is -1.89. The van der Waals surface area contributed by atoms with Gasteiger partial charge in [0.2, 0.25) is 15.0 Å². The van der Waals surface area contributed by atoms with Crippen LogP contribution >= 0.6 is 23.2 Å². The number of nitrogens with zero attached hydrogens (tertiary/aromatic N) is 2. The minimum Gasteiger partial charge on any atom is -0.319 e. The Labute approximate surface area is 149 Å². The number of nitrogens with one attached hydrogen (secondary N) is 1. The molecule has 0 saturated carbocycles. The van der Waals surface area contributed by atoms with E-state index in [-0.39, 0.29) is 15.7 Å². The molecular weight excluding hydrogens is 406 g/mol. The standard InChI is InChI=1S/C13H8Cl2F3N3O3S/c1-25(23,24)12-19-5-8(15)10(21-12)11(22)20-9-4-6(13(16,17)18)2-3-7(9)14/h2-5H,1H3,(H,20,22). The third-order valence-corrected chi connectivity index (χ3v) is 4.28. The molecule has 1 amide bonds. The van der Waals surface area contributed by atoms with Gasteiger partial charge in [0.25, 0.3) is 5.91 Å². The van der Waals surface area contributed by atoms with Gasteiger partial charge in [-0.25, -0.2) is 18.4 Å². The Kier molecular flexibility index (Phi) is 5.26. The summed E-state index contributed by atoms with van der Waals surface area (Å²) in [6.07, 6.45) is -2.92. The van der Waals surface area contributed by atoms with E-state index >= 15 is 0 Å². The van der Waals surface area contributed by atoms with Crippen molar-refractivity contribution in [2.24, 2.45) is 0 Å². The normalized spacial score (nSPS) is 12.1. The maximum atomic E-state index is 12.7. The van der Waals surface area contributed by atoms with E-state index in [0.29, 0.717) is 6.07 Å². The number of amides is 1. The number of rotatable bonds is 3. The molecule has 0 radical (unpaired) electrons. The van der Waals surface area contributed by atoms with Crippen LogP contribution in [0.5, 0.6) is 0 Å². The second-order valence-electron chi connectivity index (χ2n) is 4.77. The highest BCUT2D eigenvalue weighted by Crippen LogP contribution is 2.34. The van der Waals surface area contributed by atoms with Crippen LogP contribution in [-0.4, -0.2) is 30.5 Å². The highest BCUT2D eigenvalue weighted by Gasteiger charge is 2.31. The van der Waals surface area contributed by atoms with Gasteiger partial charge in [0.05, 0.1) is 27.5 Å². The summed E-state index contributed by atoms with van der Waals surface area (Å²) in [6.45, 7) is 0. The molecular formula is C13H8Cl2F3N3O3S. The van der Waals surface area contributed by atoms with Crippen molar-refractivity contribution in [3.8, 4) is 0 Å². The van der Waals surface area contributed by atoms with E-state index in [0.717, 1.165) is 24.6 Å². The number of halogens is 5. The number of sulfone groups is 1. The van der Waals surface area contributed by atoms with Crippen LogP contribution < -0.4 is 5.32 Å². The van der Waals surface area contributed by atoms with E-state index in [1.165, 1.54) is 0 Å². The van der Waals surface area contributed by atoms with E-state index in [1.807, 2.05) is 0 Å². The number of anilines is 1. The molecule has 0 unspecified atom stereocenters. The van der Waals surface area contributed by atoms with Crippen LogP contribution in [0, 0.1) is 0 Å². The van der Waals surface area contributed by atoms with Crippen LogP contribution in [0.15, 0.2) is 29.6 Å². The zero-order valence-electron chi connectivity index (χ0n) is 12.2. The molecule has 25 heavy (non-hydrogen) atoms. The Hall–Kier alpha value is -1.91. The van der Waals surface area contributed by atoms with Crippen molar-refractivity contribution >= 4 is 44.6 Å². The van der Waals surface area contributed by atoms with Gasteiger partial charge < -0.3 is 5.32 Å². The SMILES string of the molecule is CS(=O)(=O)c1ncc(Cl)c(C(=O)Nc2cc(C(F)(F)F)ccc2Cl)n1. The smallest absolute Gasteiger partial charge is 0.319 e. The van der Waals surface area contributed by atoms with E-state index in [1.54, 1.807) is 0 Å². The highest BCUT2D eigenvalue weighted by molar-refractivity contribution is 7.90. The Morgan fingerprint density at radius 1 is 1.20 bits per heavy atom. The highest BCUT2D eigenvalue weighted by atomic mass is 35.5. The molecule has 0 aliphatic heterocycles. The summed E-state index contributed by atoms with van der Waals surface area (Å²) >= 11 is 11.5. The minimum absolute atomic E-state index is 0.158. The van der Waals surface area contributed by atoms with E-state index in [2.05, 4.69) is 15.3 Å². The number of aromatic nitrogens is 2. The number of hydrogen-bond acceptors (Lipinski definition) is 5. The number of carbonyl (C=O) groups excluding carboxylic acids is 1. The minimum atomic E-state index is -4.64. The van der Waals surface area contributed by atoms with Crippen molar-refractivity contribution in [3.63, 3.8) is 0 Å². The van der Waals surface area contributed by atoms with Gasteiger partial charge in [0.1, 0.15) is 0 Å². The number of hydrogen-bond donors (Lipinski definition) is 1. The van der Waals surface area contributed by atoms with Crippen LogP contribution in [0.2, 0.25) is 10.0 Å². The van der Waals surface area contributed by atoms with Crippen molar-refractivity contribution in [2.75, 3.05) is 11.6 Å². The van der Waals surface area contributed by atoms with Gasteiger partial charge in [0.15, 0.2) is 5.69 Å². The predicted octanol–water partition coefficient (Wildman–Crippen LogP) is 3.46. The lowest BCUT2D eigenvalue weighted by Crippen LogP contribution is -2.18. The van der Waals surface area contributed by atoms with Gasteiger partial charge in [-0.15, -0.1) is 0 Å². The molecule has 0 aliphatic carbocycles. The molecule has 0 aliphatic rings. The maximum Gasteiger partial charge on any atom is 0.416 e. The van der Waals surface area contributed by atoms with Crippen LogP contribution in [0.4, 0.5) is 18.9 Å². The summed E-state index contributed by atoms with van der Waals surface area (Å²) in [5.74, 6) is -1.04. The second kappa shape index (κ2) is 6.77. The topological polar surface area (TPSA) is 89.0 Å². The Bertz CT molecular complexity index is 949. The van der Waals surface area contributed by atoms with Crippen LogP contribution in [0.1, 0.15) is 16.1 Å². The van der Waals surface area contributed by atoms with E-state index < -0.39 is 38.3 Å².